The van der Waals surface area contributed by atoms with E-state index in [1.165, 1.54) is 11.6 Å². The van der Waals surface area contributed by atoms with Crippen molar-refractivity contribution < 1.29 is 13.9 Å². The number of hydrogen-bond acceptors (Lipinski definition) is 5. The van der Waals surface area contributed by atoms with Crippen LogP contribution in [0.15, 0.2) is 63.8 Å². The molecule has 0 aliphatic rings. The smallest absolute Gasteiger partial charge is 0.338 e. The minimum Gasteiger partial charge on any atom is -0.484 e. The first-order valence-corrected chi connectivity index (χ1v) is 10.5. The molecule has 0 aliphatic carbocycles. The van der Waals surface area contributed by atoms with E-state index in [2.05, 4.69) is 26.1 Å². The molecular weight excluding hydrogens is 392 g/mol. The highest BCUT2D eigenvalue weighted by Crippen LogP contribution is 2.24. The highest BCUT2D eigenvalue weighted by atomic mass is 16.5. The van der Waals surface area contributed by atoms with Gasteiger partial charge in [0, 0.05) is 31.6 Å². The Balaban J connectivity index is 1.44. The van der Waals surface area contributed by atoms with Crippen molar-refractivity contribution in [1.29, 1.82) is 0 Å². The third-order valence-corrected chi connectivity index (χ3v) is 5.14. The average Bonchev–Trinajstić information content (AvgIpc) is 2.74. The van der Waals surface area contributed by atoms with Crippen molar-refractivity contribution in [2.24, 2.45) is 0 Å². The molecule has 31 heavy (non-hydrogen) atoms. The van der Waals surface area contributed by atoms with Crippen molar-refractivity contribution in [3.8, 4) is 5.75 Å². The van der Waals surface area contributed by atoms with Crippen LogP contribution in [0.1, 0.15) is 32.8 Å². The second-order valence-corrected chi connectivity index (χ2v) is 8.63. The second-order valence-electron chi connectivity index (χ2n) is 8.63. The van der Waals surface area contributed by atoms with Gasteiger partial charge in [-0.05, 0) is 41.7 Å². The summed E-state index contributed by atoms with van der Waals surface area (Å²) in [5.74, 6) is 0.608. The number of anilines is 1. The Labute approximate surface area is 182 Å². The van der Waals surface area contributed by atoms with Crippen molar-refractivity contribution >= 4 is 22.6 Å². The number of nitrogens with one attached hydrogen (secondary N) is 1. The fourth-order valence-corrected chi connectivity index (χ4v) is 3.23. The lowest BCUT2D eigenvalue weighted by molar-refractivity contribution is -0.132. The van der Waals surface area contributed by atoms with Gasteiger partial charge in [0.1, 0.15) is 11.3 Å². The van der Waals surface area contributed by atoms with Crippen LogP contribution in [0.25, 0.3) is 11.0 Å². The molecule has 0 saturated heterocycles. The highest BCUT2D eigenvalue weighted by Gasteiger charge is 2.14. The van der Waals surface area contributed by atoms with Crippen molar-refractivity contribution in [2.75, 3.05) is 32.1 Å². The Kier molecular flexibility index (Phi) is 7.00. The lowest BCUT2D eigenvalue weighted by Crippen LogP contribution is -2.33. The number of carbonyl (C=O) groups excluding carboxylic acids is 1. The molecule has 0 atom stereocenters. The number of fused-ring (bicyclic) bond motifs is 1. The van der Waals surface area contributed by atoms with E-state index >= 15 is 0 Å². The SMILES string of the molecule is CN(CCCNc1cc(=O)oc2ccccc12)C(=O)COc1ccc(C(C)(C)C)cc1. The monoisotopic (exact) mass is 422 g/mol. The molecule has 0 bridgehead atoms. The normalized spacial score (nSPS) is 11.4. The Morgan fingerprint density at radius 2 is 1.81 bits per heavy atom. The van der Waals surface area contributed by atoms with E-state index in [-0.39, 0.29) is 23.6 Å². The maximum absolute atomic E-state index is 12.4. The van der Waals surface area contributed by atoms with Crippen molar-refractivity contribution in [3.63, 3.8) is 0 Å². The zero-order chi connectivity index (χ0) is 22.4. The summed E-state index contributed by atoms with van der Waals surface area (Å²) in [6, 6.07) is 16.7. The molecule has 3 aromatic rings. The van der Waals surface area contributed by atoms with Crippen molar-refractivity contribution in [2.45, 2.75) is 32.6 Å². The first-order valence-electron chi connectivity index (χ1n) is 10.5. The van der Waals surface area contributed by atoms with E-state index < -0.39 is 0 Å². The molecule has 2 aromatic carbocycles. The molecule has 1 heterocycles. The third kappa shape index (κ3) is 6.10. The first-order chi connectivity index (χ1) is 14.7. The Morgan fingerprint density at radius 3 is 2.52 bits per heavy atom. The fourth-order valence-electron chi connectivity index (χ4n) is 3.23. The van der Waals surface area contributed by atoms with Crippen molar-refractivity contribution in [1.82, 2.24) is 4.90 Å². The zero-order valence-corrected chi connectivity index (χ0v) is 18.6. The molecule has 0 unspecified atom stereocenters. The number of benzene rings is 2. The summed E-state index contributed by atoms with van der Waals surface area (Å²) in [6.45, 7) is 7.68. The summed E-state index contributed by atoms with van der Waals surface area (Å²) < 4.78 is 10.8. The van der Waals surface area contributed by atoms with Gasteiger partial charge in [-0.3, -0.25) is 4.79 Å². The van der Waals surface area contributed by atoms with Crippen molar-refractivity contribution in [3.05, 3.63) is 70.6 Å². The van der Waals surface area contributed by atoms with E-state index in [9.17, 15) is 9.59 Å². The Hall–Kier alpha value is -3.28. The van der Waals surface area contributed by atoms with E-state index in [1.54, 1.807) is 18.0 Å². The predicted molar refractivity (Wildman–Crippen MR) is 124 cm³/mol. The molecule has 0 radical (unpaired) electrons. The predicted octanol–water partition coefficient (Wildman–Crippen LogP) is 4.43. The van der Waals surface area contributed by atoms with E-state index in [4.69, 9.17) is 9.15 Å². The van der Waals surface area contributed by atoms with Gasteiger partial charge in [0.15, 0.2) is 6.61 Å². The minimum absolute atomic E-state index is 0.00314. The molecule has 3 rings (SSSR count). The van der Waals surface area contributed by atoms with Crippen LogP contribution in [-0.2, 0) is 10.2 Å². The summed E-state index contributed by atoms with van der Waals surface area (Å²) in [6.07, 6.45) is 0.733. The summed E-state index contributed by atoms with van der Waals surface area (Å²) in [5, 5.41) is 4.13. The fraction of sp³-hybridized carbons (Fsp3) is 0.360. The zero-order valence-electron chi connectivity index (χ0n) is 18.6. The number of hydrogen-bond donors (Lipinski definition) is 1. The minimum atomic E-state index is -0.388. The molecule has 1 amide bonds. The summed E-state index contributed by atoms with van der Waals surface area (Å²) >= 11 is 0. The van der Waals surface area contributed by atoms with Crippen LogP contribution < -0.4 is 15.7 Å². The summed E-state index contributed by atoms with van der Waals surface area (Å²) in [7, 11) is 1.76. The second kappa shape index (κ2) is 9.69. The lowest BCUT2D eigenvalue weighted by Gasteiger charge is -2.20. The van der Waals surface area contributed by atoms with E-state index in [0.29, 0.717) is 24.4 Å². The number of rotatable bonds is 8. The molecule has 0 spiro atoms. The van der Waals surface area contributed by atoms with Crippen LogP contribution in [0.4, 0.5) is 5.69 Å². The number of carbonyl (C=O) groups is 1. The number of amides is 1. The van der Waals surface area contributed by atoms with E-state index in [1.807, 2.05) is 42.5 Å². The Bertz CT molecular complexity index is 1080. The summed E-state index contributed by atoms with van der Waals surface area (Å²) in [5.41, 5.74) is 2.21. The van der Waals surface area contributed by atoms with Gasteiger partial charge in [0.2, 0.25) is 0 Å². The molecule has 1 N–H and O–H groups in total. The Morgan fingerprint density at radius 1 is 1.10 bits per heavy atom. The maximum Gasteiger partial charge on any atom is 0.338 e. The molecular formula is C25H30N2O4. The highest BCUT2D eigenvalue weighted by molar-refractivity contribution is 5.89. The lowest BCUT2D eigenvalue weighted by atomic mass is 9.87. The van der Waals surface area contributed by atoms with Gasteiger partial charge < -0.3 is 19.4 Å². The number of nitrogens with zero attached hydrogens (tertiary/aromatic N) is 1. The van der Waals surface area contributed by atoms with Crippen LogP contribution in [0, 0.1) is 0 Å². The summed E-state index contributed by atoms with van der Waals surface area (Å²) in [4.78, 5) is 25.7. The van der Waals surface area contributed by atoms with Crippen LogP contribution >= 0.6 is 0 Å². The van der Waals surface area contributed by atoms with Gasteiger partial charge in [-0.1, -0.05) is 45.0 Å². The maximum atomic E-state index is 12.4. The van der Waals surface area contributed by atoms with Gasteiger partial charge in [0.05, 0.1) is 5.69 Å². The topological polar surface area (TPSA) is 71.8 Å². The molecule has 6 heteroatoms. The quantitative estimate of drug-likeness (QED) is 0.429. The van der Waals surface area contributed by atoms with Gasteiger partial charge in [-0.25, -0.2) is 4.79 Å². The average molecular weight is 423 g/mol. The molecule has 0 aliphatic heterocycles. The molecule has 1 aromatic heterocycles. The number of likely N-dealkylation sites (N-methyl/N-ethyl adjacent to an activating group) is 1. The standard InChI is InChI=1S/C25H30N2O4/c1-25(2,3)18-10-12-19(13-11-18)30-17-23(28)27(4)15-7-14-26-21-16-24(29)31-22-9-6-5-8-20(21)22/h5-6,8-13,16,26H,7,14-15,17H2,1-4H3. The number of ether oxygens (including phenoxy) is 1. The molecule has 164 valence electrons. The van der Waals surface area contributed by atoms with Crippen LogP contribution in [0.2, 0.25) is 0 Å². The number of para-hydroxylation sites is 1. The molecule has 6 nitrogen and oxygen atoms in total. The van der Waals surface area contributed by atoms with Crippen LogP contribution in [0.3, 0.4) is 0 Å². The third-order valence-electron chi connectivity index (χ3n) is 5.14. The molecule has 0 saturated carbocycles. The van der Waals surface area contributed by atoms with Gasteiger partial charge in [-0.2, -0.15) is 0 Å². The first kappa shape index (κ1) is 22.4. The van der Waals surface area contributed by atoms with Crippen LogP contribution in [0.5, 0.6) is 5.75 Å². The van der Waals surface area contributed by atoms with E-state index in [0.717, 1.165) is 17.5 Å². The largest absolute Gasteiger partial charge is 0.484 e. The molecule has 0 fully saturated rings. The van der Waals surface area contributed by atoms with Gasteiger partial charge >= 0.3 is 5.63 Å². The van der Waals surface area contributed by atoms with Crippen LogP contribution in [-0.4, -0.2) is 37.6 Å². The van der Waals surface area contributed by atoms with Gasteiger partial charge in [-0.15, -0.1) is 0 Å². The van der Waals surface area contributed by atoms with Gasteiger partial charge in [0.25, 0.3) is 5.91 Å².